The molecule has 0 radical (unpaired) electrons. The Morgan fingerprint density at radius 1 is 1.21 bits per heavy atom. The van der Waals surface area contributed by atoms with Gasteiger partial charge in [-0.3, -0.25) is 4.90 Å². The van der Waals surface area contributed by atoms with Gasteiger partial charge in [0.15, 0.2) is 0 Å². The highest BCUT2D eigenvalue weighted by atomic mass is 16.5. The summed E-state index contributed by atoms with van der Waals surface area (Å²) in [5.41, 5.74) is 1.33. The molecule has 1 atom stereocenters. The molecule has 0 aliphatic carbocycles. The van der Waals surface area contributed by atoms with Crippen LogP contribution in [-0.2, 0) is 6.54 Å². The van der Waals surface area contributed by atoms with Crippen molar-refractivity contribution in [3.05, 3.63) is 29.8 Å². The van der Waals surface area contributed by atoms with E-state index in [-0.39, 0.29) is 0 Å². The highest BCUT2D eigenvalue weighted by molar-refractivity contribution is 5.33. The molecule has 104 valence electrons. The lowest BCUT2D eigenvalue weighted by molar-refractivity contribution is 0.205. The van der Waals surface area contributed by atoms with Crippen molar-refractivity contribution in [1.82, 2.24) is 10.2 Å². The summed E-state index contributed by atoms with van der Waals surface area (Å²) in [7, 11) is 0. The summed E-state index contributed by atoms with van der Waals surface area (Å²) in [5.74, 6) is 1.07. The zero-order valence-corrected chi connectivity index (χ0v) is 11.6. The summed E-state index contributed by atoms with van der Waals surface area (Å²) < 4.78 is 5.83. The molecular weight excluding hydrogens is 236 g/mol. The molecule has 3 rings (SSSR count). The van der Waals surface area contributed by atoms with Gasteiger partial charge in [-0.05, 0) is 25.5 Å². The van der Waals surface area contributed by atoms with Crippen LogP contribution in [0.25, 0.3) is 0 Å². The summed E-state index contributed by atoms with van der Waals surface area (Å²) in [4.78, 5) is 2.54. The van der Waals surface area contributed by atoms with Crippen molar-refractivity contribution < 1.29 is 4.74 Å². The van der Waals surface area contributed by atoms with Gasteiger partial charge in [0, 0.05) is 31.2 Å². The summed E-state index contributed by atoms with van der Waals surface area (Å²) in [6.07, 6.45) is 5.41. The van der Waals surface area contributed by atoms with Gasteiger partial charge in [-0.1, -0.05) is 31.0 Å². The second-order valence-corrected chi connectivity index (χ2v) is 5.69. The van der Waals surface area contributed by atoms with E-state index >= 15 is 0 Å². The van der Waals surface area contributed by atoms with Crippen LogP contribution in [-0.4, -0.2) is 37.2 Å². The lowest BCUT2D eigenvalue weighted by atomic mass is 10.1. The molecule has 1 aromatic rings. The Bertz CT molecular complexity index is 399. The maximum atomic E-state index is 5.83. The number of rotatable bonds is 2. The SMILES string of the molecule is c1ccc2c(c1)CN(CC1CCCCCN1)CCO2. The molecule has 2 heterocycles. The average molecular weight is 260 g/mol. The molecule has 1 unspecified atom stereocenters. The van der Waals surface area contributed by atoms with Crippen molar-refractivity contribution >= 4 is 0 Å². The fourth-order valence-corrected chi connectivity index (χ4v) is 3.10. The second-order valence-electron chi connectivity index (χ2n) is 5.69. The van der Waals surface area contributed by atoms with Gasteiger partial charge < -0.3 is 10.1 Å². The van der Waals surface area contributed by atoms with Gasteiger partial charge in [-0.15, -0.1) is 0 Å². The smallest absolute Gasteiger partial charge is 0.123 e. The molecule has 1 fully saturated rings. The predicted octanol–water partition coefficient (Wildman–Crippen LogP) is 2.41. The maximum Gasteiger partial charge on any atom is 0.123 e. The lowest BCUT2D eigenvalue weighted by Gasteiger charge is -2.25. The minimum Gasteiger partial charge on any atom is -0.492 e. The molecule has 2 aliphatic heterocycles. The Morgan fingerprint density at radius 3 is 3.16 bits per heavy atom. The van der Waals surface area contributed by atoms with Gasteiger partial charge in [0.05, 0.1) is 0 Å². The summed E-state index contributed by atoms with van der Waals surface area (Å²) >= 11 is 0. The number of ether oxygens (including phenoxy) is 1. The Morgan fingerprint density at radius 2 is 2.16 bits per heavy atom. The first-order chi connectivity index (χ1) is 9.42. The average Bonchev–Trinajstić information content (AvgIpc) is 2.79. The fourth-order valence-electron chi connectivity index (χ4n) is 3.10. The van der Waals surface area contributed by atoms with E-state index in [4.69, 9.17) is 4.74 Å². The normalized spacial score (nSPS) is 24.9. The Balaban J connectivity index is 1.62. The predicted molar refractivity (Wildman–Crippen MR) is 77.5 cm³/mol. The lowest BCUT2D eigenvalue weighted by Crippen LogP contribution is -2.41. The van der Waals surface area contributed by atoms with Gasteiger partial charge in [0.25, 0.3) is 0 Å². The van der Waals surface area contributed by atoms with Crippen LogP contribution in [0.4, 0.5) is 0 Å². The van der Waals surface area contributed by atoms with E-state index in [0.717, 1.165) is 32.0 Å². The largest absolute Gasteiger partial charge is 0.492 e. The first kappa shape index (κ1) is 12.9. The van der Waals surface area contributed by atoms with Crippen LogP contribution in [0.15, 0.2) is 24.3 Å². The van der Waals surface area contributed by atoms with E-state index in [9.17, 15) is 0 Å². The number of nitrogens with zero attached hydrogens (tertiary/aromatic N) is 1. The van der Waals surface area contributed by atoms with E-state index in [1.54, 1.807) is 0 Å². The number of hydrogen-bond donors (Lipinski definition) is 1. The molecule has 2 aliphatic rings. The van der Waals surface area contributed by atoms with Crippen molar-refractivity contribution in [1.29, 1.82) is 0 Å². The molecule has 19 heavy (non-hydrogen) atoms. The highest BCUT2D eigenvalue weighted by Crippen LogP contribution is 2.22. The fraction of sp³-hybridized carbons (Fsp3) is 0.625. The summed E-state index contributed by atoms with van der Waals surface area (Å²) in [5, 5.41) is 3.69. The molecule has 1 saturated heterocycles. The topological polar surface area (TPSA) is 24.5 Å². The van der Waals surface area contributed by atoms with Gasteiger partial charge >= 0.3 is 0 Å². The first-order valence-electron chi connectivity index (χ1n) is 7.58. The third kappa shape index (κ3) is 3.48. The van der Waals surface area contributed by atoms with Crippen LogP contribution in [0, 0.1) is 0 Å². The van der Waals surface area contributed by atoms with E-state index in [0.29, 0.717) is 6.04 Å². The molecular formula is C16H24N2O. The van der Waals surface area contributed by atoms with Crippen molar-refractivity contribution in [2.45, 2.75) is 38.3 Å². The number of fused-ring (bicyclic) bond motifs is 1. The molecule has 3 heteroatoms. The van der Waals surface area contributed by atoms with Crippen LogP contribution in [0.1, 0.15) is 31.2 Å². The first-order valence-corrected chi connectivity index (χ1v) is 7.58. The summed E-state index contributed by atoms with van der Waals surface area (Å²) in [6, 6.07) is 9.10. The van der Waals surface area contributed by atoms with Crippen LogP contribution >= 0.6 is 0 Å². The molecule has 0 spiro atoms. The zero-order chi connectivity index (χ0) is 12.9. The van der Waals surface area contributed by atoms with Crippen LogP contribution in [0.2, 0.25) is 0 Å². The molecule has 0 saturated carbocycles. The van der Waals surface area contributed by atoms with Crippen LogP contribution < -0.4 is 10.1 Å². The van der Waals surface area contributed by atoms with Crippen LogP contribution in [0.3, 0.4) is 0 Å². The Labute approximate surface area is 115 Å². The molecule has 0 bridgehead atoms. The van der Waals surface area contributed by atoms with E-state index in [1.807, 2.05) is 0 Å². The molecule has 1 N–H and O–H groups in total. The van der Waals surface area contributed by atoms with Gasteiger partial charge in [-0.2, -0.15) is 0 Å². The zero-order valence-electron chi connectivity index (χ0n) is 11.6. The number of para-hydroxylation sites is 1. The molecule has 0 amide bonds. The molecule has 1 aromatic carbocycles. The quantitative estimate of drug-likeness (QED) is 0.884. The highest BCUT2D eigenvalue weighted by Gasteiger charge is 2.19. The minimum atomic E-state index is 0.660. The number of hydrogen-bond acceptors (Lipinski definition) is 3. The number of benzene rings is 1. The van der Waals surface area contributed by atoms with E-state index < -0.39 is 0 Å². The third-order valence-corrected chi connectivity index (χ3v) is 4.17. The van der Waals surface area contributed by atoms with Gasteiger partial charge in [-0.25, -0.2) is 0 Å². The van der Waals surface area contributed by atoms with Crippen molar-refractivity contribution in [2.24, 2.45) is 0 Å². The third-order valence-electron chi connectivity index (χ3n) is 4.17. The number of nitrogens with one attached hydrogen (secondary N) is 1. The maximum absolute atomic E-state index is 5.83. The molecule has 3 nitrogen and oxygen atoms in total. The van der Waals surface area contributed by atoms with E-state index in [2.05, 4.69) is 34.5 Å². The Hall–Kier alpha value is -1.06. The monoisotopic (exact) mass is 260 g/mol. The Kier molecular flexibility index (Phi) is 4.36. The van der Waals surface area contributed by atoms with Crippen LogP contribution in [0.5, 0.6) is 5.75 Å². The standard InChI is InChI=1S/C16H24N2O/c1-2-7-15(17-9-5-1)13-18-10-11-19-16-8-4-3-6-14(16)12-18/h3-4,6,8,15,17H,1-2,5,7,9-13H2. The van der Waals surface area contributed by atoms with E-state index in [1.165, 1.54) is 37.8 Å². The minimum absolute atomic E-state index is 0.660. The second kappa shape index (κ2) is 6.40. The van der Waals surface area contributed by atoms with Gasteiger partial charge in [0.1, 0.15) is 12.4 Å². The van der Waals surface area contributed by atoms with Crippen molar-refractivity contribution in [3.8, 4) is 5.75 Å². The van der Waals surface area contributed by atoms with Crippen molar-refractivity contribution in [3.63, 3.8) is 0 Å². The van der Waals surface area contributed by atoms with Gasteiger partial charge in [0.2, 0.25) is 0 Å². The summed E-state index contributed by atoms with van der Waals surface area (Å²) in [6.45, 7) is 5.20. The van der Waals surface area contributed by atoms with Crippen molar-refractivity contribution in [2.75, 3.05) is 26.2 Å². The molecule has 0 aromatic heterocycles.